The monoisotopic (exact) mass is 271 g/mol. The van der Waals surface area contributed by atoms with Crippen molar-refractivity contribution in [2.75, 3.05) is 13.2 Å². The Morgan fingerprint density at radius 1 is 1.39 bits per heavy atom. The van der Waals surface area contributed by atoms with E-state index in [1.54, 1.807) is 0 Å². The molecule has 0 spiro atoms. The number of Topliss-reactive ketones (excluding diaryl/α,β-unsaturated/α-hetero) is 1. The first-order valence-corrected chi connectivity index (χ1v) is 4.96. The van der Waals surface area contributed by atoms with Crippen molar-refractivity contribution in [3.8, 4) is 0 Å². The fourth-order valence-corrected chi connectivity index (χ4v) is 1.40. The number of carbonyl (C=O) groups excluding carboxylic acids is 2. The van der Waals surface area contributed by atoms with E-state index in [0.717, 1.165) is 6.92 Å². The van der Waals surface area contributed by atoms with Crippen LogP contribution in [0.1, 0.15) is 13.8 Å². The number of nitrogens with zero attached hydrogens (tertiary/aromatic N) is 1. The Balaban J connectivity index is 5.29. The van der Waals surface area contributed by atoms with Gasteiger partial charge in [-0.2, -0.15) is 13.2 Å². The first-order valence-electron chi connectivity index (χ1n) is 4.96. The molecule has 0 heterocycles. The van der Waals surface area contributed by atoms with Gasteiger partial charge in [0.25, 0.3) is 0 Å². The molecule has 9 heteroatoms. The topological polar surface area (TPSA) is 86.5 Å². The van der Waals surface area contributed by atoms with E-state index in [4.69, 9.17) is 0 Å². The molecule has 18 heavy (non-hydrogen) atoms. The molecule has 0 aromatic heterocycles. The number of halogens is 3. The van der Waals surface area contributed by atoms with Crippen molar-refractivity contribution in [3.05, 3.63) is 10.1 Å². The highest BCUT2D eigenvalue weighted by Crippen LogP contribution is 2.33. The number of alkyl halides is 3. The van der Waals surface area contributed by atoms with Crippen molar-refractivity contribution in [1.29, 1.82) is 0 Å². The zero-order valence-corrected chi connectivity index (χ0v) is 9.69. The summed E-state index contributed by atoms with van der Waals surface area (Å²) in [5, 5.41) is 10.2. The van der Waals surface area contributed by atoms with Crippen LogP contribution in [0.15, 0.2) is 0 Å². The summed E-state index contributed by atoms with van der Waals surface area (Å²) >= 11 is 0. The van der Waals surface area contributed by atoms with Crippen molar-refractivity contribution in [3.63, 3.8) is 0 Å². The third-order valence-corrected chi connectivity index (χ3v) is 2.15. The largest absolute Gasteiger partial charge is 0.465 e. The first kappa shape index (κ1) is 16.3. The predicted octanol–water partition coefficient (Wildman–Crippen LogP) is 1.21. The summed E-state index contributed by atoms with van der Waals surface area (Å²) in [5.74, 6) is -7.38. The Labute approximate surface area is 100 Å². The second kappa shape index (κ2) is 6.31. The summed E-state index contributed by atoms with van der Waals surface area (Å²) in [6.45, 7) is 0.351. The smallest absolute Gasteiger partial charge is 0.399 e. The van der Waals surface area contributed by atoms with Crippen LogP contribution in [-0.2, 0) is 14.3 Å². The van der Waals surface area contributed by atoms with Crippen molar-refractivity contribution in [2.24, 2.45) is 11.8 Å². The average molecular weight is 271 g/mol. The lowest BCUT2D eigenvalue weighted by Gasteiger charge is -2.22. The Hall–Kier alpha value is -1.67. The fourth-order valence-electron chi connectivity index (χ4n) is 1.40. The molecule has 0 fully saturated rings. The first-order chi connectivity index (χ1) is 8.11. The SMILES string of the molecule is CCOC(=O)[C@@H](C(C)=O)[C@H](C[N+](=O)[O-])C(F)(F)F. The van der Waals surface area contributed by atoms with Gasteiger partial charge >= 0.3 is 12.1 Å². The van der Waals surface area contributed by atoms with E-state index in [1.807, 2.05) is 0 Å². The normalized spacial score (nSPS) is 14.7. The number of rotatable bonds is 6. The highest BCUT2D eigenvalue weighted by Gasteiger charge is 2.53. The molecule has 0 rings (SSSR count). The van der Waals surface area contributed by atoms with E-state index in [-0.39, 0.29) is 6.61 Å². The second-order valence-electron chi connectivity index (χ2n) is 3.50. The molecular formula is C9H12F3NO5. The molecule has 0 unspecified atom stereocenters. The Bertz CT molecular complexity index is 342. The van der Waals surface area contributed by atoms with Gasteiger partial charge in [0.15, 0.2) is 0 Å². The molecule has 104 valence electrons. The summed E-state index contributed by atoms with van der Waals surface area (Å²) in [4.78, 5) is 31.4. The van der Waals surface area contributed by atoms with Gasteiger partial charge < -0.3 is 4.74 Å². The van der Waals surface area contributed by atoms with Crippen molar-refractivity contribution >= 4 is 11.8 Å². The molecule has 0 aromatic carbocycles. The molecule has 0 amide bonds. The molecule has 0 saturated heterocycles. The molecule has 0 saturated carbocycles. The van der Waals surface area contributed by atoms with Crippen LogP contribution in [0.25, 0.3) is 0 Å². The van der Waals surface area contributed by atoms with Crippen LogP contribution in [0.3, 0.4) is 0 Å². The van der Waals surface area contributed by atoms with Gasteiger partial charge in [-0.1, -0.05) is 0 Å². The minimum atomic E-state index is -5.03. The molecule has 0 radical (unpaired) electrons. The van der Waals surface area contributed by atoms with Crippen LogP contribution in [0.4, 0.5) is 13.2 Å². The summed E-state index contributed by atoms with van der Waals surface area (Å²) in [5.41, 5.74) is 0. The number of hydrogen-bond donors (Lipinski definition) is 0. The standard InChI is InChI=1S/C9H12F3NO5/c1-3-18-8(15)7(5(2)14)6(4-13(16)17)9(10,11)12/h6-7H,3-4H2,1-2H3/t6-,7-/m0/s1. The molecule has 6 nitrogen and oxygen atoms in total. The zero-order valence-electron chi connectivity index (χ0n) is 9.69. The average Bonchev–Trinajstić information content (AvgIpc) is 2.14. The number of ether oxygens (including phenoxy) is 1. The molecule has 0 bridgehead atoms. The summed E-state index contributed by atoms with van der Waals surface area (Å²) in [6, 6.07) is 0. The number of nitro groups is 1. The van der Waals surface area contributed by atoms with Crippen molar-refractivity contribution < 1.29 is 32.4 Å². The van der Waals surface area contributed by atoms with Crippen molar-refractivity contribution in [2.45, 2.75) is 20.0 Å². The number of hydrogen-bond acceptors (Lipinski definition) is 5. The summed E-state index contributed by atoms with van der Waals surface area (Å²) in [7, 11) is 0. The van der Waals surface area contributed by atoms with Gasteiger partial charge in [0, 0.05) is 4.92 Å². The molecule has 0 aliphatic rings. The van der Waals surface area contributed by atoms with Gasteiger partial charge in [-0.15, -0.1) is 0 Å². The van der Waals surface area contributed by atoms with E-state index < -0.39 is 41.2 Å². The maximum absolute atomic E-state index is 12.6. The quantitative estimate of drug-likeness (QED) is 0.313. The predicted molar refractivity (Wildman–Crippen MR) is 52.2 cm³/mol. The van der Waals surface area contributed by atoms with Gasteiger partial charge in [-0.25, -0.2) is 0 Å². The van der Waals surface area contributed by atoms with E-state index in [1.165, 1.54) is 6.92 Å². The third kappa shape index (κ3) is 4.68. The molecule has 0 N–H and O–H groups in total. The molecule has 0 aliphatic carbocycles. The lowest BCUT2D eigenvalue weighted by molar-refractivity contribution is -0.498. The molecule has 2 atom stereocenters. The Morgan fingerprint density at radius 2 is 1.89 bits per heavy atom. The number of carbonyl (C=O) groups is 2. The van der Waals surface area contributed by atoms with E-state index in [9.17, 15) is 32.9 Å². The van der Waals surface area contributed by atoms with Gasteiger partial charge in [0.1, 0.15) is 17.6 Å². The fraction of sp³-hybridized carbons (Fsp3) is 0.778. The van der Waals surface area contributed by atoms with Gasteiger partial charge in [-0.3, -0.25) is 19.7 Å². The molecule has 0 aliphatic heterocycles. The number of esters is 1. The summed E-state index contributed by atoms with van der Waals surface area (Å²) < 4.78 is 42.2. The Morgan fingerprint density at radius 3 is 2.17 bits per heavy atom. The summed E-state index contributed by atoms with van der Waals surface area (Å²) in [6.07, 6.45) is -5.03. The van der Waals surface area contributed by atoms with E-state index in [2.05, 4.69) is 4.74 Å². The van der Waals surface area contributed by atoms with Gasteiger partial charge in [0.05, 0.1) is 6.61 Å². The minimum absolute atomic E-state index is 0.217. The number of ketones is 1. The van der Waals surface area contributed by atoms with E-state index in [0.29, 0.717) is 0 Å². The maximum Gasteiger partial charge on any atom is 0.399 e. The maximum atomic E-state index is 12.6. The van der Waals surface area contributed by atoms with Crippen LogP contribution in [0.2, 0.25) is 0 Å². The third-order valence-electron chi connectivity index (χ3n) is 2.15. The molecular weight excluding hydrogens is 259 g/mol. The second-order valence-corrected chi connectivity index (χ2v) is 3.50. The highest BCUT2D eigenvalue weighted by molar-refractivity contribution is 5.98. The van der Waals surface area contributed by atoms with Crippen LogP contribution in [0.5, 0.6) is 0 Å². The Kier molecular flexibility index (Phi) is 5.73. The molecule has 0 aromatic rings. The highest BCUT2D eigenvalue weighted by atomic mass is 19.4. The lowest BCUT2D eigenvalue weighted by atomic mass is 9.88. The van der Waals surface area contributed by atoms with Crippen LogP contribution < -0.4 is 0 Å². The van der Waals surface area contributed by atoms with Crippen LogP contribution >= 0.6 is 0 Å². The van der Waals surface area contributed by atoms with Crippen LogP contribution in [0, 0.1) is 22.0 Å². The zero-order chi connectivity index (χ0) is 14.5. The van der Waals surface area contributed by atoms with Crippen molar-refractivity contribution in [1.82, 2.24) is 0 Å². The van der Waals surface area contributed by atoms with E-state index >= 15 is 0 Å². The van der Waals surface area contributed by atoms with Gasteiger partial charge in [0.2, 0.25) is 6.54 Å². The minimum Gasteiger partial charge on any atom is -0.465 e. The lowest BCUT2D eigenvalue weighted by Crippen LogP contribution is -2.43. The van der Waals surface area contributed by atoms with Crippen LogP contribution in [-0.4, -0.2) is 36.0 Å². The van der Waals surface area contributed by atoms with Gasteiger partial charge in [-0.05, 0) is 13.8 Å².